The molecular formula is C16H14F3N5OS2. The lowest BCUT2D eigenvalue weighted by Gasteiger charge is -2.14. The Bertz CT molecular complexity index is 912. The Morgan fingerprint density at radius 2 is 2.00 bits per heavy atom. The Morgan fingerprint density at radius 1 is 1.33 bits per heavy atom. The SMILES string of the molecule is CSc1nc(N)nc(SCC(=O)Nc2cccc(C(F)(F)F)c2C)c1C#N. The van der Waals surface area contributed by atoms with Crippen molar-refractivity contribution in [2.45, 2.75) is 23.2 Å². The molecule has 1 amide bonds. The van der Waals surface area contributed by atoms with Crippen molar-refractivity contribution in [2.24, 2.45) is 0 Å². The molecule has 6 nitrogen and oxygen atoms in total. The lowest BCUT2D eigenvalue weighted by molar-refractivity contribution is -0.138. The van der Waals surface area contributed by atoms with E-state index in [2.05, 4.69) is 15.3 Å². The molecule has 2 rings (SSSR count). The highest BCUT2D eigenvalue weighted by molar-refractivity contribution is 8.00. The fourth-order valence-electron chi connectivity index (χ4n) is 2.18. The van der Waals surface area contributed by atoms with E-state index in [0.29, 0.717) is 5.03 Å². The average Bonchev–Trinajstić information content (AvgIpc) is 2.60. The number of benzene rings is 1. The predicted octanol–water partition coefficient (Wildman–Crippen LogP) is 3.71. The summed E-state index contributed by atoms with van der Waals surface area (Å²) in [7, 11) is 0. The van der Waals surface area contributed by atoms with Crippen LogP contribution in [0, 0.1) is 18.3 Å². The van der Waals surface area contributed by atoms with Crippen LogP contribution < -0.4 is 11.1 Å². The summed E-state index contributed by atoms with van der Waals surface area (Å²) in [4.78, 5) is 20.1. The van der Waals surface area contributed by atoms with E-state index in [1.54, 1.807) is 6.26 Å². The summed E-state index contributed by atoms with van der Waals surface area (Å²) in [5, 5.41) is 12.3. The highest BCUT2D eigenvalue weighted by Crippen LogP contribution is 2.34. The number of hydrogen-bond acceptors (Lipinski definition) is 7. The standard InChI is InChI=1S/C16H14F3N5OS2/c1-8-10(16(17,18)19)4-3-5-11(8)22-12(25)7-27-14-9(6-20)13(26-2)23-15(21)24-14/h3-5H,7H2,1-2H3,(H,22,25)(H2,21,23,24). The molecule has 0 saturated heterocycles. The first-order valence-corrected chi connectivity index (χ1v) is 9.59. The van der Waals surface area contributed by atoms with E-state index in [9.17, 15) is 23.2 Å². The highest BCUT2D eigenvalue weighted by Gasteiger charge is 2.33. The summed E-state index contributed by atoms with van der Waals surface area (Å²) in [5.74, 6) is -0.724. The Labute approximate surface area is 161 Å². The molecule has 0 atom stereocenters. The van der Waals surface area contributed by atoms with E-state index in [1.807, 2.05) is 6.07 Å². The molecule has 0 aliphatic rings. The summed E-state index contributed by atoms with van der Waals surface area (Å²) in [6.45, 7) is 1.29. The zero-order chi connectivity index (χ0) is 20.2. The second-order valence-electron chi connectivity index (χ2n) is 5.20. The van der Waals surface area contributed by atoms with Gasteiger partial charge in [0.1, 0.15) is 21.7 Å². The van der Waals surface area contributed by atoms with E-state index in [1.165, 1.54) is 30.8 Å². The fourth-order valence-corrected chi connectivity index (χ4v) is 3.56. The van der Waals surface area contributed by atoms with Crippen molar-refractivity contribution in [3.05, 3.63) is 34.9 Å². The van der Waals surface area contributed by atoms with Crippen LogP contribution in [0.25, 0.3) is 0 Å². The third-order valence-corrected chi connectivity index (χ3v) is 5.08. The molecule has 142 valence electrons. The maximum absolute atomic E-state index is 13.0. The molecule has 1 aromatic carbocycles. The zero-order valence-corrected chi connectivity index (χ0v) is 15.8. The van der Waals surface area contributed by atoms with Crippen LogP contribution in [0.15, 0.2) is 28.3 Å². The van der Waals surface area contributed by atoms with Gasteiger partial charge >= 0.3 is 6.18 Å². The van der Waals surface area contributed by atoms with Crippen LogP contribution in [0.1, 0.15) is 16.7 Å². The number of carbonyl (C=O) groups excluding carboxylic acids is 1. The summed E-state index contributed by atoms with van der Waals surface area (Å²) < 4.78 is 38.9. The number of anilines is 2. The Balaban J connectivity index is 2.15. The molecule has 0 fully saturated rings. The average molecular weight is 413 g/mol. The fraction of sp³-hybridized carbons (Fsp3) is 0.250. The number of thioether (sulfide) groups is 2. The Kier molecular flexibility index (Phi) is 6.56. The molecule has 1 aromatic heterocycles. The van der Waals surface area contributed by atoms with Gasteiger partial charge in [-0.1, -0.05) is 17.8 Å². The Morgan fingerprint density at radius 3 is 2.59 bits per heavy atom. The summed E-state index contributed by atoms with van der Waals surface area (Å²) >= 11 is 2.17. The van der Waals surface area contributed by atoms with Crippen LogP contribution in [0.4, 0.5) is 24.8 Å². The maximum atomic E-state index is 13.0. The van der Waals surface area contributed by atoms with Gasteiger partial charge < -0.3 is 11.1 Å². The van der Waals surface area contributed by atoms with Crippen molar-refractivity contribution in [1.29, 1.82) is 5.26 Å². The van der Waals surface area contributed by atoms with Gasteiger partial charge in [0, 0.05) is 5.69 Å². The minimum absolute atomic E-state index is 0.0324. The number of nitrogen functional groups attached to an aromatic ring is 1. The van der Waals surface area contributed by atoms with Crippen LogP contribution in [-0.4, -0.2) is 27.9 Å². The van der Waals surface area contributed by atoms with E-state index < -0.39 is 17.6 Å². The van der Waals surface area contributed by atoms with E-state index in [-0.39, 0.29) is 33.5 Å². The van der Waals surface area contributed by atoms with Gasteiger partial charge in [0.25, 0.3) is 0 Å². The smallest absolute Gasteiger partial charge is 0.368 e. The van der Waals surface area contributed by atoms with Gasteiger partial charge in [0.2, 0.25) is 11.9 Å². The van der Waals surface area contributed by atoms with Crippen molar-refractivity contribution in [2.75, 3.05) is 23.1 Å². The molecule has 0 radical (unpaired) electrons. The van der Waals surface area contributed by atoms with Gasteiger partial charge in [-0.25, -0.2) is 9.97 Å². The van der Waals surface area contributed by atoms with Gasteiger partial charge in [0.15, 0.2) is 0 Å². The molecule has 0 bridgehead atoms. The van der Waals surface area contributed by atoms with Crippen molar-refractivity contribution in [3.8, 4) is 6.07 Å². The minimum Gasteiger partial charge on any atom is -0.368 e. The molecule has 11 heteroatoms. The van der Waals surface area contributed by atoms with Crippen LogP contribution in [0.2, 0.25) is 0 Å². The van der Waals surface area contributed by atoms with Gasteiger partial charge in [-0.2, -0.15) is 18.4 Å². The number of carbonyl (C=O) groups is 1. The maximum Gasteiger partial charge on any atom is 0.416 e. The molecular weight excluding hydrogens is 399 g/mol. The van der Waals surface area contributed by atoms with Crippen molar-refractivity contribution in [3.63, 3.8) is 0 Å². The number of halogens is 3. The predicted molar refractivity (Wildman–Crippen MR) is 98.5 cm³/mol. The first-order chi connectivity index (χ1) is 12.7. The largest absolute Gasteiger partial charge is 0.416 e. The highest BCUT2D eigenvalue weighted by atomic mass is 32.2. The van der Waals surface area contributed by atoms with Crippen LogP contribution in [-0.2, 0) is 11.0 Å². The zero-order valence-electron chi connectivity index (χ0n) is 14.2. The molecule has 2 aromatic rings. The molecule has 3 N–H and O–H groups in total. The van der Waals surface area contributed by atoms with Crippen molar-refractivity contribution < 1.29 is 18.0 Å². The number of nitrogens with two attached hydrogens (primary N) is 1. The lowest BCUT2D eigenvalue weighted by atomic mass is 10.1. The van der Waals surface area contributed by atoms with Crippen molar-refractivity contribution >= 4 is 41.1 Å². The number of amides is 1. The van der Waals surface area contributed by atoms with E-state index in [4.69, 9.17) is 5.73 Å². The molecule has 0 unspecified atom stereocenters. The van der Waals surface area contributed by atoms with E-state index in [0.717, 1.165) is 17.8 Å². The molecule has 0 aliphatic carbocycles. The van der Waals surface area contributed by atoms with Gasteiger partial charge in [0.05, 0.1) is 11.3 Å². The number of hydrogen-bond donors (Lipinski definition) is 2. The number of rotatable bonds is 5. The second-order valence-corrected chi connectivity index (χ2v) is 6.95. The summed E-state index contributed by atoms with van der Waals surface area (Å²) in [6, 6.07) is 5.54. The van der Waals surface area contributed by atoms with Gasteiger partial charge in [-0.3, -0.25) is 4.79 Å². The minimum atomic E-state index is -4.51. The molecule has 1 heterocycles. The topological polar surface area (TPSA) is 105 Å². The summed E-state index contributed by atoms with van der Waals surface area (Å²) in [6.07, 6.45) is -2.78. The monoisotopic (exact) mass is 413 g/mol. The molecule has 0 saturated carbocycles. The van der Waals surface area contributed by atoms with Crippen LogP contribution in [0.3, 0.4) is 0 Å². The van der Waals surface area contributed by atoms with Crippen LogP contribution in [0.5, 0.6) is 0 Å². The van der Waals surface area contributed by atoms with Gasteiger partial charge in [-0.05, 0) is 30.9 Å². The summed E-state index contributed by atoms with van der Waals surface area (Å²) in [5.41, 5.74) is 4.99. The second kappa shape index (κ2) is 8.49. The van der Waals surface area contributed by atoms with Gasteiger partial charge in [-0.15, -0.1) is 11.8 Å². The number of nitrogens with zero attached hydrogens (tertiary/aromatic N) is 3. The molecule has 0 aliphatic heterocycles. The van der Waals surface area contributed by atoms with E-state index >= 15 is 0 Å². The normalized spacial score (nSPS) is 11.1. The first kappa shape index (κ1) is 20.9. The quantitative estimate of drug-likeness (QED) is 0.569. The third-order valence-electron chi connectivity index (χ3n) is 3.42. The van der Waals surface area contributed by atoms with Crippen LogP contribution >= 0.6 is 23.5 Å². The lowest BCUT2D eigenvalue weighted by Crippen LogP contribution is -2.17. The Hall–Kier alpha value is -2.45. The number of nitrogens with one attached hydrogen (secondary N) is 1. The number of nitriles is 1. The number of aromatic nitrogens is 2. The molecule has 27 heavy (non-hydrogen) atoms. The van der Waals surface area contributed by atoms with Crippen molar-refractivity contribution in [1.82, 2.24) is 9.97 Å². The first-order valence-electron chi connectivity index (χ1n) is 7.38. The number of alkyl halides is 3. The third kappa shape index (κ3) is 5.05. The molecule has 0 spiro atoms.